The fourth-order valence-electron chi connectivity index (χ4n) is 4.85. The van der Waals surface area contributed by atoms with E-state index in [0.717, 1.165) is 31.4 Å². The third-order valence-corrected chi connectivity index (χ3v) is 7.64. The van der Waals surface area contributed by atoms with E-state index in [1.54, 1.807) is 4.68 Å². The van der Waals surface area contributed by atoms with Gasteiger partial charge in [-0.2, -0.15) is 5.10 Å². The number of ether oxygens (including phenoxy) is 1. The lowest BCUT2D eigenvalue weighted by molar-refractivity contribution is 0.0971. The van der Waals surface area contributed by atoms with Crippen molar-refractivity contribution in [2.75, 3.05) is 11.9 Å². The molecule has 0 radical (unpaired) electrons. The Kier molecular flexibility index (Phi) is 4.19. The number of aryl methyl sites for hydroxylation is 1. The van der Waals surface area contributed by atoms with Crippen molar-refractivity contribution in [2.45, 2.75) is 63.8 Å². The molecule has 1 aromatic heterocycles. The van der Waals surface area contributed by atoms with Crippen LogP contribution in [0.2, 0.25) is 0 Å². The number of nitrogens with zero attached hydrogens (tertiary/aromatic N) is 2. The van der Waals surface area contributed by atoms with E-state index in [2.05, 4.69) is 42.0 Å². The Morgan fingerprint density at radius 3 is 2.93 bits per heavy atom. The normalized spacial score (nSPS) is 22.6. The number of fused-ring (bicyclic) bond motifs is 3. The third kappa shape index (κ3) is 3.07. The van der Waals surface area contributed by atoms with Crippen LogP contribution in [-0.4, -0.2) is 26.6 Å². The first kappa shape index (κ1) is 19.4. The molecule has 5 rings (SSSR count). The number of rotatable bonds is 3. The Balaban J connectivity index is 1.39. The number of amides is 2. The van der Waals surface area contributed by atoms with Gasteiger partial charge in [0.1, 0.15) is 4.90 Å². The van der Waals surface area contributed by atoms with Crippen LogP contribution in [0.3, 0.4) is 0 Å². The van der Waals surface area contributed by atoms with Gasteiger partial charge in [0.05, 0.1) is 19.3 Å². The lowest BCUT2D eigenvalue weighted by atomic mass is 9.75. The SMILES string of the molecule is C[C@H]1Cc2cc3c(c(NC(=O)NS(=N)(=O)c4cnn5c4OCC(C)(C)C5)c21)CCC3. The molecular formula is C21H27N5O3S. The van der Waals surface area contributed by atoms with Crippen LogP contribution in [0, 0.1) is 10.2 Å². The van der Waals surface area contributed by atoms with E-state index in [1.165, 1.54) is 28.5 Å². The van der Waals surface area contributed by atoms with Gasteiger partial charge < -0.3 is 10.1 Å². The molecule has 3 N–H and O–H groups in total. The largest absolute Gasteiger partial charge is 0.476 e. The van der Waals surface area contributed by atoms with E-state index in [-0.39, 0.29) is 10.3 Å². The van der Waals surface area contributed by atoms with Gasteiger partial charge in [0, 0.05) is 11.1 Å². The fourth-order valence-corrected chi connectivity index (χ4v) is 5.88. The summed E-state index contributed by atoms with van der Waals surface area (Å²) >= 11 is 0. The second kappa shape index (κ2) is 6.47. The summed E-state index contributed by atoms with van der Waals surface area (Å²) in [6.07, 6.45) is 5.42. The predicted octanol–water partition coefficient (Wildman–Crippen LogP) is 3.59. The van der Waals surface area contributed by atoms with Gasteiger partial charge in [0.2, 0.25) is 5.88 Å². The summed E-state index contributed by atoms with van der Waals surface area (Å²) in [5.41, 5.74) is 5.68. The minimum Gasteiger partial charge on any atom is -0.476 e. The Labute approximate surface area is 176 Å². The molecule has 9 heteroatoms. The second-order valence-corrected chi connectivity index (χ2v) is 11.2. The number of nitrogens with one attached hydrogen (secondary N) is 3. The van der Waals surface area contributed by atoms with E-state index < -0.39 is 15.9 Å². The Morgan fingerprint density at radius 1 is 1.37 bits per heavy atom. The van der Waals surface area contributed by atoms with Gasteiger partial charge >= 0.3 is 6.03 Å². The average Bonchev–Trinajstić information content (AvgIpc) is 3.25. The Bertz CT molecular complexity index is 1160. The first-order chi connectivity index (χ1) is 14.1. The first-order valence-corrected chi connectivity index (χ1v) is 11.9. The molecule has 2 aromatic rings. The van der Waals surface area contributed by atoms with Crippen molar-refractivity contribution < 1.29 is 13.7 Å². The number of benzene rings is 1. The number of hydrogen-bond acceptors (Lipinski definition) is 5. The molecule has 160 valence electrons. The minimum atomic E-state index is -3.62. The molecule has 3 aliphatic rings. The molecule has 2 atom stereocenters. The molecule has 0 spiro atoms. The zero-order chi connectivity index (χ0) is 21.3. The van der Waals surface area contributed by atoms with Crippen LogP contribution in [0.25, 0.3) is 0 Å². The van der Waals surface area contributed by atoms with Crippen molar-refractivity contribution in [3.8, 4) is 5.88 Å². The highest BCUT2D eigenvalue weighted by molar-refractivity contribution is 7.91. The van der Waals surface area contributed by atoms with Crippen LogP contribution >= 0.6 is 0 Å². The smallest absolute Gasteiger partial charge is 0.331 e. The number of urea groups is 1. The summed E-state index contributed by atoms with van der Waals surface area (Å²) in [6, 6.07) is 1.64. The lowest BCUT2D eigenvalue weighted by Crippen LogP contribution is -2.36. The maximum absolute atomic E-state index is 13.1. The van der Waals surface area contributed by atoms with Crippen LogP contribution in [0.5, 0.6) is 5.88 Å². The van der Waals surface area contributed by atoms with Gasteiger partial charge in [-0.15, -0.1) is 0 Å². The van der Waals surface area contributed by atoms with Gasteiger partial charge in [0.25, 0.3) is 0 Å². The molecule has 0 fully saturated rings. The van der Waals surface area contributed by atoms with Gasteiger partial charge in [-0.25, -0.2) is 23.2 Å². The topological polar surface area (TPSA) is 109 Å². The quantitative estimate of drug-likeness (QED) is 0.693. The van der Waals surface area contributed by atoms with Gasteiger partial charge in [0.15, 0.2) is 9.92 Å². The molecule has 2 amide bonds. The van der Waals surface area contributed by atoms with Gasteiger partial charge in [-0.05, 0) is 53.9 Å². The van der Waals surface area contributed by atoms with Crippen molar-refractivity contribution in [1.29, 1.82) is 4.78 Å². The molecule has 2 aliphatic carbocycles. The molecular weight excluding hydrogens is 402 g/mol. The van der Waals surface area contributed by atoms with E-state index in [1.807, 2.05) is 0 Å². The standard InChI is InChI=1S/C21H27N5O3S/c1-12-7-14-8-13-5-4-6-15(13)18(17(12)14)24-20(27)25-30(22,28)16-9-23-26-10-21(2,3)11-29-19(16)26/h8-9,12H,4-7,10-11H2,1-3H3,(H3,22,24,25,27,28)/t12-,30?/m0/s1. The maximum atomic E-state index is 13.1. The minimum absolute atomic E-state index is 0.101. The number of carbonyl (C=O) groups is 1. The molecule has 1 aliphatic heterocycles. The third-order valence-electron chi connectivity index (χ3n) is 6.27. The average molecular weight is 430 g/mol. The summed E-state index contributed by atoms with van der Waals surface area (Å²) < 4.78 is 31.2. The molecule has 8 nitrogen and oxygen atoms in total. The number of hydrogen-bond donors (Lipinski definition) is 3. The van der Waals surface area contributed by atoms with Crippen molar-refractivity contribution in [3.05, 3.63) is 34.5 Å². The highest BCUT2D eigenvalue weighted by atomic mass is 32.2. The molecule has 1 unspecified atom stereocenters. The number of anilines is 1. The second-order valence-electron chi connectivity index (χ2n) is 9.46. The van der Waals surface area contributed by atoms with E-state index in [9.17, 15) is 9.00 Å². The van der Waals surface area contributed by atoms with Crippen molar-refractivity contribution in [2.24, 2.45) is 5.41 Å². The lowest BCUT2D eigenvalue weighted by Gasteiger charge is -2.32. The fraction of sp³-hybridized carbons (Fsp3) is 0.524. The zero-order valence-corrected chi connectivity index (χ0v) is 18.3. The zero-order valence-electron chi connectivity index (χ0n) is 17.5. The summed E-state index contributed by atoms with van der Waals surface area (Å²) in [7, 11) is -3.62. The summed E-state index contributed by atoms with van der Waals surface area (Å²) in [5, 5.41) is 7.15. The first-order valence-electron chi connectivity index (χ1n) is 10.4. The molecule has 0 bridgehead atoms. The summed E-state index contributed by atoms with van der Waals surface area (Å²) in [4.78, 5) is 12.9. The molecule has 2 heterocycles. The van der Waals surface area contributed by atoms with E-state index >= 15 is 0 Å². The number of carbonyl (C=O) groups excluding carboxylic acids is 1. The summed E-state index contributed by atoms with van der Waals surface area (Å²) in [6.45, 7) is 7.29. The van der Waals surface area contributed by atoms with Crippen LogP contribution < -0.4 is 14.8 Å². The van der Waals surface area contributed by atoms with Crippen molar-refractivity contribution in [1.82, 2.24) is 14.5 Å². The number of aromatic nitrogens is 2. The van der Waals surface area contributed by atoms with E-state index in [4.69, 9.17) is 9.52 Å². The predicted molar refractivity (Wildman–Crippen MR) is 113 cm³/mol. The molecule has 0 saturated heterocycles. The van der Waals surface area contributed by atoms with Crippen molar-refractivity contribution in [3.63, 3.8) is 0 Å². The van der Waals surface area contributed by atoms with Crippen LogP contribution in [0.1, 0.15) is 55.4 Å². The van der Waals surface area contributed by atoms with E-state index in [0.29, 0.717) is 24.9 Å². The Morgan fingerprint density at radius 2 is 2.17 bits per heavy atom. The highest BCUT2D eigenvalue weighted by Crippen LogP contribution is 2.45. The monoisotopic (exact) mass is 429 g/mol. The van der Waals surface area contributed by atoms with Crippen LogP contribution in [0.4, 0.5) is 10.5 Å². The van der Waals surface area contributed by atoms with Crippen molar-refractivity contribution >= 4 is 21.6 Å². The Hall–Kier alpha value is -2.55. The molecule has 30 heavy (non-hydrogen) atoms. The highest BCUT2D eigenvalue weighted by Gasteiger charge is 2.34. The maximum Gasteiger partial charge on any atom is 0.331 e. The van der Waals surface area contributed by atoms with Crippen LogP contribution in [-0.2, 0) is 35.7 Å². The molecule has 0 saturated carbocycles. The molecule has 1 aromatic carbocycles. The summed E-state index contributed by atoms with van der Waals surface area (Å²) in [5.74, 6) is 0.689. The van der Waals surface area contributed by atoms with Gasteiger partial charge in [-0.3, -0.25) is 0 Å². The van der Waals surface area contributed by atoms with Gasteiger partial charge in [-0.1, -0.05) is 26.8 Å². The van der Waals surface area contributed by atoms with Crippen LogP contribution in [0.15, 0.2) is 17.2 Å².